The summed E-state index contributed by atoms with van der Waals surface area (Å²) in [7, 11) is 0. The second kappa shape index (κ2) is 8.11. The first-order valence-corrected chi connectivity index (χ1v) is 8.81. The standard InChI is InChI=1S/C17H26ClNO2S/c1-11-9-14(10-12(2)15(11)18)21-13(3)16(20)19-7-8-22-17(4,5)6/h9-10,13H,7-8H2,1-6H3,(H,19,20). The van der Waals surface area contributed by atoms with Crippen LogP contribution in [0.1, 0.15) is 38.8 Å². The fraction of sp³-hybridized carbons (Fsp3) is 0.588. The number of rotatable bonds is 6. The number of hydrogen-bond donors (Lipinski definition) is 1. The topological polar surface area (TPSA) is 38.3 Å². The van der Waals surface area contributed by atoms with Crippen molar-refractivity contribution in [2.75, 3.05) is 12.3 Å². The van der Waals surface area contributed by atoms with Gasteiger partial charge in [-0.05, 0) is 44.0 Å². The fourth-order valence-corrected chi connectivity index (χ4v) is 2.83. The van der Waals surface area contributed by atoms with Crippen LogP contribution < -0.4 is 10.1 Å². The van der Waals surface area contributed by atoms with Crippen LogP contribution in [-0.4, -0.2) is 29.1 Å². The molecule has 1 unspecified atom stereocenters. The van der Waals surface area contributed by atoms with Gasteiger partial charge in [0.25, 0.3) is 5.91 Å². The van der Waals surface area contributed by atoms with E-state index in [1.807, 2.05) is 37.7 Å². The predicted octanol–water partition coefficient (Wildman–Crippen LogP) is 4.37. The molecule has 1 aromatic rings. The molecule has 0 fully saturated rings. The van der Waals surface area contributed by atoms with Gasteiger partial charge in [-0.25, -0.2) is 0 Å². The van der Waals surface area contributed by atoms with Crippen molar-refractivity contribution in [1.29, 1.82) is 0 Å². The second-order valence-corrected chi connectivity index (χ2v) is 8.68. The third-order valence-electron chi connectivity index (χ3n) is 3.03. The van der Waals surface area contributed by atoms with E-state index in [9.17, 15) is 4.79 Å². The van der Waals surface area contributed by atoms with Crippen molar-refractivity contribution in [3.63, 3.8) is 0 Å². The molecule has 1 amide bonds. The third kappa shape index (κ3) is 6.49. The van der Waals surface area contributed by atoms with Crippen molar-refractivity contribution >= 4 is 29.3 Å². The molecule has 0 radical (unpaired) electrons. The summed E-state index contributed by atoms with van der Waals surface area (Å²) < 4.78 is 5.93. The van der Waals surface area contributed by atoms with E-state index in [0.717, 1.165) is 21.9 Å². The number of halogens is 1. The number of hydrogen-bond acceptors (Lipinski definition) is 3. The maximum Gasteiger partial charge on any atom is 0.260 e. The minimum absolute atomic E-state index is 0.0974. The van der Waals surface area contributed by atoms with Gasteiger partial charge in [-0.3, -0.25) is 4.79 Å². The highest BCUT2D eigenvalue weighted by molar-refractivity contribution is 8.00. The van der Waals surface area contributed by atoms with Gasteiger partial charge in [-0.15, -0.1) is 0 Å². The summed E-state index contributed by atoms with van der Waals surface area (Å²) in [6.45, 7) is 12.7. The van der Waals surface area contributed by atoms with Gasteiger partial charge in [0.2, 0.25) is 0 Å². The zero-order valence-corrected chi connectivity index (χ0v) is 15.8. The molecule has 1 atom stereocenters. The van der Waals surface area contributed by atoms with E-state index in [4.69, 9.17) is 16.3 Å². The number of amides is 1. The summed E-state index contributed by atoms with van der Waals surface area (Å²) in [5.74, 6) is 1.46. The Morgan fingerprint density at radius 1 is 1.32 bits per heavy atom. The average molecular weight is 344 g/mol. The Bertz CT molecular complexity index is 503. The molecule has 0 aromatic heterocycles. The number of ether oxygens (including phenoxy) is 1. The molecule has 1 aromatic carbocycles. The summed E-state index contributed by atoms with van der Waals surface area (Å²) in [4.78, 5) is 12.0. The van der Waals surface area contributed by atoms with Gasteiger partial charge >= 0.3 is 0 Å². The maximum absolute atomic E-state index is 12.0. The number of thioether (sulfide) groups is 1. The van der Waals surface area contributed by atoms with Crippen molar-refractivity contribution in [2.45, 2.75) is 52.4 Å². The normalized spacial score (nSPS) is 12.9. The van der Waals surface area contributed by atoms with Crippen LogP contribution in [-0.2, 0) is 4.79 Å². The molecule has 0 bridgehead atoms. The number of carbonyl (C=O) groups is 1. The lowest BCUT2D eigenvalue weighted by Gasteiger charge is -2.19. The molecule has 0 saturated heterocycles. The van der Waals surface area contributed by atoms with Crippen LogP contribution in [0, 0.1) is 13.8 Å². The zero-order valence-electron chi connectivity index (χ0n) is 14.2. The van der Waals surface area contributed by atoms with Crippen LogP contribution in [0.2, 0.25) is 5.02 Å². The van der Waals surface area contributed by atoms with E-state index in [0.29, 0.717) is 12.3 Å². The summed E-state index contributed by atoms with van der Waals surface area (Å²) in [6, 6.07) is 3.71. The Morgan fingerprint density at radius 2 is 1.86 bits per heavy atom. The molecule has 3 nitrogen and oxygen atoms in total. The lowest BCUT2D eigenvalue weighted by molar-refractivity contribution is -0.127. The number of aryl methyl sites for hydroxylation is 2. The van der Waals surface area contributed by atoms with E-state index in [1.54, 1.807) is 6.92 Å². The zero-order chi connectivity index (χ0) is 16.9. The predicted molar refractivity (Wildman–Crippen MR) is 96.2 cm³/mol. The molecular formula is C17H26ClNO2S. The van der Waals surface area contributed by atoms with Gasteiger partial charge in [0.15, 0.2) is 6.10 Å². The lowest BCUT2D eigenvalue weighted by Crippen LogP contribution is -2.37. The number of carbonyl (C=O) groups excluding carboxylic acids is 1. The van der Waals surface area contributed by atoms with Crippen molar-refractivity contribution in [3.8, 4) is 5.75 Å². The SMILES string of the molecule is Cc1cc(OC(C)C(=O)NCCSC(C)(C)C)cc(C)c1Cl. The monoisotopic (exact) mass is 343 g/mol. The van der Waals surface area contributed by atoms with Crippen LogP contribution in [0.5, 0.6) is 5.75 Å². The number of nitrogens with one attached hydrogen (secondary N) is 1. The molecule has 1 N–H and O–H groups in total. The summed E-state index contributed by atoms with van der Waals surface area (Å²) in [5.41, 5.74) is 1.90. The van der Waals surface area contributed by atoms with Gasteiger partial charge in [-0.2, -0.15) is 11.8 Å². The smallest absolute Gasteiger partial charge is 0.260 e. The van der Waals surface area contributed by atoms with E-state index in [-0.39, 0.29) is 10.7 Å². The van der Waals surface area contributed by atoms with Crippen LogP contribution in [0.25, 0.3) is 0 Å². The Hall–Kier alpha value is -0.870. The molecule has 22 heavy (non-hydrogen) atoms. The van der Waals surface area contributed by atoms with Crippen molar-refractivity contribution in [1.82, 2.24) is 5.32 Å². The Balaban J connectivity index is 2.48. The Kier molecular flexibility index (Phi) is 7.07. The summed E-state index contributed by atoms with van der Waals surface area (Å²) >= 11 is 7.96. The molecule has 124 valence electrons. The van der Waals surface area contributed by atoms with Gasteiger partial charge in [0, 0.05) is 22.1 Å². The minimum Gasteiger partial charge on any atom is -0.481 e. The van der Waals surface area contributed by atoms with E-state index in [2.05, 4.69) is 26.1 Å². The quantitative estimate of drug-likeness (QED) is 0.779. The van der Waals surface area contributed by atoms with Crippen LogP contribution in [0.4, 0.5) is 0 Å². The van der Waals surface area contributed by atoms with Crippen LogP contribution in [0.15, 0.2) is 12.1 Å². The largest absolute Gasteiger partial charge is 0.481 e. The minimum atomic E-state index is -0.528. The Morgan fingerprint density at radius 3 is 2.36 bits per heavy atom. The highest BCUT2D eigenvalue weighted by atomic mass is 35.5. The van der Waals surface area contributed by atoms with Crippen molar-refractivity contribution < 1.29 is 9.53 Å². The van der Waals surface area contributed by atoms with E-state index < -0.39 is 6.10 Å². The van der Waals surface area contributed by atoms with E-state index >= 15 is 0 Å². The van der Waals surface area contributed by atoms with Crippen molar-refractivity contribution in [3.05, 3.63) is 28.3 Å². The van der Waals surface area contributed by atoms with Gasteiger partial charge in [0.1, 0.15) is 5.75 Å². The van der Waals surface area contributed by atoms with Gasteiger partial charge in [-0.1, -0.05) is 32.4 Å². The summed E-state index contributed by atoms with van der Waals surface area (Å²) in [6.07, 6.45) is -0.528. The van der Waals surface area contributed by atoms with Crippen molar-refractivity contribution in [2.24, 2.45) is 0 Å². The Labute approximate surface area is 143 Å². The molecule has 0 spiro atoms. The molecule has 0 aliphatic rings. The van der Waals surface area contributed by atoms with E-state index in [1.165, 1.54) is 0 Å². The van der Waals surface area contributed by atoms with Gasteiger partial charge in [0.05, 0.1) is 0 Å². The second-order valence-electron chi connectivity index (χ2n) is 6.38. The highest BCUT2D eigenvalue weighted by Gasteiger charge is 2.16. The molecule has 0 aliphatic heterocycles. The summed E-state index contributed by atoms with van der Waals surface area (Å²) in [5, 5.41) is 3.64. The molecular weight excluding hydrogens is 318 g/mol. The van der Waals surface area contributed by atoms with Crippen LogP contribution >= 0.6 is 23.4 Å². The average Bonchev–Trinajstić information content (AvgIpc) is 2.39. The highest BCUT2D eigenvalue weighted by Crippen LogP contribution is 2.26. The molecule has 0 saturated carbocycles. The molecule has 5 heteroatoms. The number of benzene rings is 1. The van der Waals surface area contributed by atoms with Gasteiger partial charge < -0.3 is 10.1 Å². The molecule has 0 heterocycles. The first kappa shape index (κ1) is 19.2. The molecule has 1 rings (SSSR count). The first-order chi connectivity index (χ1) is 10.1. The maximum atomic E-state index is 12.0. The first-order valence-electron chi connectivity index (χ1n) is 7.45. The fourth-order valence-electron chi connectivity index (χ4n) is 1.91. The lowest BCUT2D eigenvalue weighted by atomic mass is 10.1. The van der Waals surface area contributed by atoms with Crippen LogP contribution in [0.3, 0.4) is 0 Å². The third-order valence-corrected chi connectivity index (χ3v) is 4.90. The molecule has 0 aliphatic carbocycles.